The number of ether oxygens (including phenoxy) is 3. The van der Waals surface area contributed by atoms with Gasteiger partial charge in [0.25, 0.3) is 11.8 Å². The molecular formula is C85H129N8O19+. The lowest BCUT2D eigenvalue weighted by molar-refractivity contribution is -0.166. The molecule has 3 heterocycles. The number of nitrogens with one attached hydrogen (secondary N) is 3. The van der Waals surface area contributed by atoms with E-state index in [-0.39, 0.29) is 94.0 Å². The number of imide groups is 1. The van der Waals surface area contributed by atoms with Crippen LogP contribution in [0.2, 0.25) is 0 Å². The number of unbranched alkanes of at least 4 members (excludes halogenated alkanes) is 1. The van der Waals surface area contributed by atoms with Gasteiger partial charge in [-0.15, -0.1) is 0 Å². The zero-order valence-corrected chi connectivity index (χ0v) is 70.2. The summed E-state index contributed by atoms with van der Waals surface area (Å²) in [4.78, 5) is 179. The number of benzene rings is 3. The fourth-order valence-electron chi connectivity index (χ4n) is 15.2. The third kappa shape index (κ3) is 26.4. The largest absolute Gasteiger partial charge is 0.481 e. The molecule has 5 amide bonds. The van der Waals surface area contributed by atoms with Crippen LogP contribution in [-0.4, -0.2) is 186 Å². The Hall–Kier alpha value is -9.24. The number of Topliss-reactive ketones (excluding diaryl/α,β-unsaturated/α-hetero) is 1. The summed E-state index contributed by atoms with van der Waals surface area (Å²) in [6, 6.07) is 21.7. The molecule has 3 aliphatic rings. The number of carbonyl (C=O) groups is 13. The monoisotopic (exact) mass is 1570 g/mol. The first kappa shape index (κ1) is 97.0. The summed E-state index contributed by atoms with van der Waals surface area (Å²) < 4.78 is 15.0. The topological polar surface area (TPSA) is 385 Å². The minimum atomic E-state index is -1.55. The number of aliphatic hydroxyl groups excluding tert-OH is 1. The number of hydrogen-bond acceptors (Lipinski definition) is 21. The number of carboxylic acid groups (broad SMARTS) is 2. The number of nitrogens with zero attached hydrogens (tertiary/aromatic N) is 4. The summed E-state index contributed by atoms with van der Waals surface area (Å²) in [5.74, 6) is -19.3. The lowest BCUT2D eigenvalue weighted by Gasteiger charge is -2.43. The van der Waals surface area contributed by atoms with Crippen LogP contribution in [0.15, 0.2) is 72.8 Å². The van der Waals surface area contributed by atoms with Crippen molar-refractivity contribution in [2.75, 3.05) is 103 Å². The fourth-order valence-corrected chi connectivity index (χ4v) is 15.2. The van der Waals surface area contributed by atoms with E-state index in [1.54, 1.807) is 106 Å². The molecule has 3 aliphatic heterocycles. The van der Waals surface area contributed by atoms with Crippen molar-refractivity contribution in [2.24, 2.45) is 92.0 Å². The zero-order chi connectivity index (χ0) is 85.3. The number of anilines is 3. The summed E-state index contributed by atoms with van der Waals surface area (Å²) in [5.41, 5.74) is 4.81. The lowest BCUT2D eigenvalue weighted by atomic mass is 9.58. The standard InChI is InChI=1S/C60H88N6O14.C13H20N2O.C10H15O3.C2H6O/c1-16-57(4,5)44(49(69)63-29-18-28-61-47(67)36-20-24-38(25-21-36)64(12)13)41(52(72)73)33-59(8,9)45-40(50(70)66(51(45)71)31-19-30-62-48(68)37-22-26-39(27-23-37)65(14)15)32-60(10,11)46(55(77)79-17-2)42(53(74)75)34-58(6,7)43-35(3)54(76)80-56(43)78;1-15(2)12-8-6-11(7-9-12)13(16)5-3-4-10-14;1-5-10(3,4)7-6(2)8(11)13-9(7)12;1-2-3/h20-27,35,40-46H,16-19,28-34H2,1-15H3,(H,61,67)(H,62,68)(H,63,69)(H,72,73)(H,74,75);6-9H,3-5,10,14H2,1-2H3;6-7H,2,5H2,1,3-4H3;3H,2H2,1H3/q;;+1;. The van der Waals surface area contributed by atoms with E-state index in [1.807, 2.05) is 121 Å². The van der Waals surface area contributed by atoms with Gasteiger partial charge in [-0.2, -0.15) is 0 Å². The molecule has 0 radical (unpaired) electrons. The third-order valence-electron chi connectivity index (χ3n) is 22.2. The van der Waals surface area contributed by atoms with Crippen LogP contribution in [-0.2, 0) is 62.2 Å². The molecule has 27 nitrogen and oxygen atoms in total. The Morgan fingerprint density at radius 2 is 0.955 bits per heavy atom. The molecule has 8 N–H and O–H groups in total. The minimum absolute atomic E-state index is 0.0660. The average Bonchev–Trinajstić information content (AvgIpc) is 1.65. The smallest absolute Gasteiger partial charge is 0.362 e. The van der Waals surface area contributed by atoms with Crippen molar-refractivity contribution >= 4 is 94.2 Å². The van der Waals surface area contributed by atoms with Gasteiger partial charge >= 0.3 is 41.8 Å². The van der Waals surface area contributed by atoms with Gasteiger partial charge in [-0.3, -0.25) is 62.4 Å². The maximum absolute atomic E-state index is 15.2. The first-order valence-corrected chi connectivity index (χ1v) is 38.9. The van der Waals surface area contributed by atoms with Crippen molar-refractivity contribution in [3.8, 4) is 0 Å². The second-order valence-corrected chi connectivity index (χ2v) is 33.4. The number of hydrogen-bond donors (Lipinski definition) is 7. The van der Waals surface area contributed by atoms with Crippen molar-refractivity contribution < 1.29 is 91.9 Å². The molecule has 6 rings (SSSR count). The molecule has 3 aromatic carbocycles. The van der Waals surface area contributed by atoms with Crippen LogP contribution in [0.4, 0.5) is 17.1 Å². The van der Waals surface area contributed by atoms with Crippen LogP contribution in [0.1, 0.15) is 199 Å². The molecule has 622 valence electrons. The van der Waals surface area contributed by atoms with Crippen molar-refractivity contribution in [1.29, 1.82) is 0 Å². The zero-order valence-electron chi connectivity index (χ0n) is 70.2. The third-order valence-corrected chi connectivity index (χ3v) is 22.2. The number of carbonyl (C=O) groups excluding carboxylic acids is 11. The second kappa shape index (κ2) is 43.1. The van der Waals surface area contributed by atoms with E-state index in [0.717, 1.165) is 46.8 Å². The summed E-state index contributed by atoms with van der Waals surface area (Å²) in [7, 11) is 11.5. The molecular weight excluding hydrogens is 1440 g/mol. The normalized spacial score (nSPS) is 18.8. The van der Waals surface area contributed by atoms with Crippen molar-refractivity contribution in [1.82, 2.24) is 20.9 Å². The van der Waals surface area contributed by atoms with Gasteiger partial charge in [0.15, 0.2) is 5.78 Å². The Morgan fingerprint density at radius 1 is 0.536 bits per heavy atom. The highest BCUT2D eigenvalue weighted by atomic mass is 16.6. The molecule has 10 atom stereocenters. The number of rotatable bonds is 38. The van der Waals surface area contributed by atoms with Gasteiger partial charge in [0.2, 0.25) is 23.6 Å². The molecule has 112 heavy (non-hydrogen) atoms. The number of aliphatic carboxylic acids is 2. The van der Waals surface area contributed by atoms with E-state index in [4.69, 9.17) is 20.3 Å². The van der Waals surface area contributed by atoms with Crippen LogP contribution in [0.5, 0.6) is 0 Å². The summed E-state index contributed by atoms with van der Waals surface area (Å²) >= 11 is 0. The van der Waals surface area contributed by atoms with Crippen LogP contribution < -0.4 is 36.4 Å². The fraction of sp³-hybridized carbons (Fsp3) is 0.624. The number of amides is 5. The van der Waals surface area contributed by atoms with Gasteiger partial charge in [0, 0.05) is 115 Å². The molecule has 0 saturated carbocycles. The van der Waals surface area contributed by atoms with Crippen LogP contribution >= 0.6 is 0 Å². The Morgan fingerprint density at radius 3 is 1.35 bits per heavy atom. The van der Waals surface area contributed by atoms with E-state index in [9.17, 15) is 63.0 Å². The van der Waals surface area contributed by atoms with Crippen LogP contribution in [0.3, 0.4) is 0 Å². The Balaban J connectivity index is 0.000000829. The van der Waals surface area contributed by atoms with E-state index in [1.165, 1.54) is 6.92 Å². The first-order chi connectivity index (χ1) is 52.1. The number of esters is 5. The van der Waals surface area contributed by atoms with Gasteiger partial charge < -0.3 is 65.9 Å². The molecule has 27 heteroatoms. The predicted octanol–water partition coefficient (Wildman–Crippen LogP) is 10.3. The Kier molecular flexibility index (Phi) is 37.3. The highest BCUT2D eigenvalue weighted by molar-refractivity contribution is 6.06. The number of ketones is 1. The highest BCUT2D eigenvalue weighted by Gasteiger charge is 2.60. The molecule has 3 fully saturated rings. The number of carboxylic acids is 2. The maximum Gasteiger partial charge on any atom is 0.362 e. The molecule has 0 spiro atoms. The van der Waals surface area contributed by atoms with Gasteiger partial charge in [-0.25, -0.2) is 4.79 Å². The maximum atomic E-state index is 15.2. The molecule has 3 aromatic rings. The molecule has 3 saturated heterocycles. The van der Waals surface area contributed by atoms with E-state index >= 15 is 9.59 Å². The molecule has 10 unspecified atom stereocenters. The van der Waals surface area contributed by atoms with E-state index in [2.05, 4.69) is 27.6 Å². The van der Waals surface area contributed by atoms with Gasteiger partial charge in [0.1, 0.15) is 5.92 Å². The van der Waals surface area contributed by atoms with Crippen molar-refractivity contribution in [2.45, 2.75) is 168 Å². The van der Waals surface area contributed by atoms with E-state index in [0.29, 0.717) is 36.9 Å². The summed E-state index contributed by atoms with van der Waals surface area (Å²) in [6.45, 7) is 30.6. The van der Waals surface area contributed by atoms with E-state index < -0.39 is 134 Å². The SMILES string of the molecule is CCO.CCOC(=O)C(C(CC(C)(C)C1C(=O)OC(=O)C1C)C(=O)O)C(C)(C)CC1C(=O)N(CCCNC(=O)c2ccc(N(C)C)cc2)C(=O)C1C(C)(C)CC(C(=O)O)C(C(=O)NCCCNC(=O)c1ccc(N(C)C)cc1)C(C)(C)CC.CN(C)c1ccc(C(=O)CCCCN)cc1.[CH2+]C1C(=O)OC(=O)C1C(C)(C)CC. The summed E-state index contributed by atoms with van der Waals surface area (Å²) in [5, 5.41) is 38.3. The van der Waals surface area contributed by atoms with Crippen LogP contribution in [0, 0.1) is 93.2 Å². The summed E-state index contributed by atoms with van der Waals surface area (Å²) in [6.07, 6.45) is 3.22. The minimum Gasteiger partial charge on any atom is -0.481 e. The van der Waals surface area contributed by atoms with Crippen LogP contribution in [0.25, 0.3) is 0 Å². The molecule has 0 aliphatic carbocycles. The van der Waals surface area contributed by atoms with Crippen molar-refractivity contribution in [3.63, 3.8) is 0 Å². The number of nitrogens with two attached hydrogens (primary N) is 1. The first-order valence-electron chi connectivity index (χ1n) is 38.9. The number of aliphatic hydroxyl groups is 1. The van der Waals surface area contributed by atoms with Gasteiger partial charge in [-0.05, 0) is 172 Å². The molecule has 0 aromatic heterocycles. The lowest BCUT2D eigenvalue weighted by Crippen LogP contribution is -2.49. The Bertz CT molecular complexity index is 3700. The average molecular weight is 1570 g/mol. The highest BCUT2D eigenvalue weighted by Crippen LogP contribution is 2.54. The van der Waals surface area contributed by atoms with Gasteiger partial charge in [-0.1, -0.05) is 96.4 Å². The van der Waals surface area contributed by atoms with Gasteiger partial charge in [0.05, 0.1) is 60.9 Å². The quantitative estimate of drug-likeness (QED) is 0.00533. The Labute approximate surface area is 663 Å². The van der Waals surface area contributed by atoms with Crippen molar-refractivity contribution in [3.05, 3.63) is 96.4 Å². The number of cyclic esters (lactones) is 4. The number of likely N-dealkylation sites (tertiary alicyclic amines) is 1. The second-order valence-electron chi connectivity index (χ2n) is 33.4. The molecule has 0 bridgehead atoms. The predicted molar refractivity (Wildman–Crippen MR) is 429 cm³/mol.